The summed E-state index contributed by atoms with van der Waals surface area (Å²) in [5.74, 6) is 0.396. The summed E-state index contributed by atoms with van der Waals surface area (Å²) in [5, 5.41) is 12.3. The van der Waals surface area contributed by atoms with Gasteiger partial charge >= 0.3 is 5.97 Å². The molecule has 3 aromatic rings. The first-order valence-electron chi connectivity index (χ1n) is 8.74. The van der Waals surface area contributed by atoms with Gasteiger partial charge in [-0.15, -0.1) is 0 Å². The molecule has 3 rings (SSSR count). The summed E-state index contributed by atoms with van der Waals surface area (Å²) in [6.45, 7) is 2.27. The maximum absolute atomic E-state index is 10.9. The summed E-state index contributed by atoms with van der Waals surface area (Å²) in [6, 6.07) is 14.3. The van der Waals surface area contributed by atoms with Crippen LogP contribution in [0.3, 0.4) is 0 Å². The third kappa shape index (κ3) is 5.07. The molecule has 2 N–H and O–H groups in total. The number of ether oxygens (including phenoxy) is 1. The number of hydrogen-bond acceptors (Lipinski definition) is 5. The number of carboxylic acids is 1. The zero-order chi connectivity index (χ0) is 18.2. The van der Waals surface area contributed by atoms with Gasteiger partial charge in [-0.2, -0.15) is 0 Å². The van der Waals surface area contributed by atoms with Crippen LogP contribution in [0.5, 0.6) is 5.75 Å². The molecule has 0 radical (unpaired) electrons. The van der Waals surface area contributed by atoms with E-state index in [1.54, 1.807) is 24.3 Å². The van der Waals surface area contributed by atoms with Crippen LogP contribution in [0.25, 0.3) is 11.1 Å². The second-order valence-electron chi connectivity index (χ2n) is 5.96. The molecule has 0 saturated heterocycles. The van der Waals surface area contributed by atoms with Gasteiger partial charge in [-0.1, -0.05) is 18.2 Å². The lowest BCUT2D eigenvalue weighted by molar-refractivity contribution is 0.0696. The first-order valence-corrected chi connectivity index (χ1v) is 8.74. The molecule has 0 aliphatic rings. The van der Waals surface area contributed by atoms with E-state index in [0.29, 0.717) is 12.4 Å². The largest absolute Gasteiger partial charge is 0.494 e. The standard InChI is InChI=1S/C20H22N2O4/c23-20(24)15-6-5-7-16(14-15)25-13-4-3-11-21-12-10-19-22-17-8-1-2-9-18(17)26-19/h1-2,5-9,14,21H,3-4,10-13H2,(H,23,24). The number of nitrogens with one attached hydrogen (secondary N) is 1. The molecular weight excluding hydrogens is 332 g/mol. The monoisotopic (exact) mass is 354 g/mol. The van der Waals surface area contributed by atoms with Crippen molar-refractivity contribution in [1.82, 2.24) is 10.3 Å². The Kier molecular flexibility index (Phi) is 6.22. The molecule has 1 aromatic heterocycles. The summed E-state index contributed by atoms with van der Waals surface area (Å²) in [7, 11) is 0. The van der Waals surface area contributed by atoms with Crippen LogP contribution >= 0.6 is 0 Å². The average Bonchev–Trinajstić information content (AvgIpc) is 3.07. The zero-order valence-corrected chi connectivity index (χ0v) is 14.5. The van der Waals surface area contributed by atoms with Gasteiger partial charge in [0.25, 0.3) is 0 Å². The number of para-hydroxylation sites is 2. The van der Waals surface area contributed by atoms with Gasteiger partial charge in [0.1, 0.15) is 11.3 Å². The highest BCUT2D eigenvalue weighted by atomic mass is 16.5. The van der Waals surface area contributed by atoms with E-state index in [2.05, 4.69) is 10.3 Å². The third-order valence-corrected chi connectivity index (χ3v) is 3.95. The summed E-state index contributed by atoms with van der Waals surface area (Å²) in [5.41, 5.74) is 1.96. The van der Waals surface area contributed by atoms with Gasteiger partial charge in [0.2, 0.25) is 0 Å². The molecule has 26 heavy (non-hydrogen) atoms. The highest BCUT2D eigenvalue weighted by molar-refractivity contribution is 5.88. The van der Waals surface area contributed by atoms with Crippen molar-refractivity contribution < 1.29 is 19.1 Å². The van der Waals surface area contributed by atoms with Crippen LogP contribution < -0.4 is 10.1 Å². The third-order valence-electron chi connectivity index (χ3n) is 3.95. The average molecular weight is 354 g/mol. The quantitative estimate of drug-likeness (QED) is 0.542. The van der Waals surface area contributed by atoms with E-state index in [1.165, 1.54) is 0 Å². The second-order valence-corrected chi connectivity index (χ2v) is 5.96. The first kappa shape index (κ1) is 17.9. The first-order chi connectivity index (χ1) is 12.7. The summed E-state index contributed by atoms with van der Waals surface area (Å²) >= 11 is 0. The highest BCUT2D eigenvalue weighted by Crippen LogP contribution is 2.15. The maximum Gasteiger partial charge on any atom is 0.335 e. The molecule has 136 valence electrons. The van der Waals surface area contributed by atoms with Gasteiger partial charge in [0.05, 0.1) is 12.2 Å². The van der Waals surface area contributed by atoms with Crippen LogP contribution in [-0.4, -0.2) is 35.8 Å². The van der Waals surface area contributed by atoms with Crippen LogP contribution in [0.4, 0.5) is 0 Å². The van der Waals surface area contributed by atoms with Crippen molar-refractivity contribution in [2.45, 2.75) is 19.3 Å². The van der Waals surface area contributed by atoms with E-state index in [0.717, 1.165) is 49.3 Å². The molecule has 1 heterocycles. The molecule has 0 fully saturated rings. The Bertz CT molecular complexity index is 827. The lowest BCUT2D eigenvalue weighted by Gasteiger charge is -2.07. The fourth-order valence-electron chi connectivity index (χ4n) is 2.61. The SMILES string of the molecule is O=C(O)c1cccc(OCCCCNCCc2nc3ccccc3o2)c1. The van der Waals surface area contributed by atoms with E-state index in [-0.39, 0.29) is 5.56 Å². The molecule has 6 heteroatoms. The molecule has 2 aromatic carbocycles. The van der Waals surface area contributed by atoms with Gasteiger partial charge in [-0.05, 0) is 49.7 Å². The second kappa shape index (κ2) is 9.01. The van der Waals surface area contributed by atoms with E-state index >= 15 is 0 Å². The Balaban J connectivity index is 1.28. The van der Waals surface area contributed by atoms with Gasteiger partial charge in [0.15, 0.2) is 11.5 Å². The van der Waals surface area contributed by atoms with Gasteiger partial charge < -0.3 is 19.6 Å². The number of benzene rings is 2. The number of oxazole rings is 1. The Morgan fingerprint density at radius 3 is 2.85 bits per heavy atom. The van der Waals surface area contributed by atoms with Crippen molar-refractivity contribution in [3.8, 4) is 5.75 Å². The van der Waals surface area contributed by atoms with Crippen LogP contribution in [0.2, 0.25) is 0 Å². The summed E-state index contributed by atoms with van der Waals surface area (Å²) in [4.78, 5) is 15.4. The molecule has 0 unspecified atom stereocenters. The smallest absolute Gasteiger partial charge is 0.335 e. The number of fused-ring (bicyclic) bond motifs is 1. The predicted molar refractivity (Wildman–Crippen MR) is 98.7 cm³/mol. The molecule has 6 nitrogen and oxygen atoms in total. The minimum absolute atomic E-state index is 0.239. The Labute approximate surface area is 151 Å². The van der Waals surface area contributed by atoms with Crippen molar-refractivity contribution in [3.05, 3.63) is 60.0 Å². The van der Waals surface area contributed by atoms with Crippen molar-refractivity contribution in [1.29, 1.82) is 0 Å². The van der Waals surface area contributed by atoms with Gasteiger partial charge in [0, 0.05) is 13.0 Å². The van der Waals surface area contributed by atoms with E-state index in [9.17, 15) is 4.79 Å². The fraction of sp³-hybridized carbons (Fsp3) is 0.300. The lowest BCUT2D eigenvalue weighted by Crippen LogP contribution is -2.19. The van der Waals surface area contributed by atoms with Crippen molar-refractivity contribution in [3.63, 3.8) is 0 Å². The molecule has 0 amide bonds. The van der Waals surface area contributed by atoms with Gasteiger partial charge in [-0.25, -0.2) is 9.78 Å². The maximum atomic E-state index is 10.9. The van der Waals surface area contributed by atoms with E-state index in [1.807, 2.05) is 24.3 Å². The molecule has 0 aliphatic heterocycles. The number of rotatable bonds is 10. The number of nitrogens with zero attached hydrogens (tertiary/aromatic N) is 1. The van der Waals surface area contributed by atoms with E-state index < -0.39 is 5.97 Å². The molecule has 0 aliphatic carbocycles. The molecule has 0 spiro atoms. The van der Waals surface area contributed by atoms with Crippen LogP contribution in [-0.2, 0) is 6.42 Å². The summed E-state index contributed by atoms with van der Waals surface area (Å²) in [6.07, 6.45) is 2.63. The fourth-order valence-corrected chi connectivity index (χ4v) is 2.61. The number of unbranched alkanes of at least 4 members (excludes halogenated alkanes) is 1. The van der Waals surface area contributed by atoms with Crippen LogP contribution in [0, 0.1) is 0 Å². The van der Waals surface area contributed by atoms with Crippen molar-refractivity contribution in [2.24, 2.45) is 0 Å². The number of aromatic carboxylic acids is 1. The van der Waals surface area contributed by atoms with Crippen molar-refractivity contribution in [2.75, 3.05) is 19.7 Å². The Hall–Kier alpha value is -2.86. The Morgan fingerprint density at radius 1 is 1.12 bits per heavy atom. The normalized spacial score (nSPS) is 10.9. The zero-order valence-electron chi connectivity index (χ0n) is 14.5. The van der Waals surface area contributed by atoms with E-state index in [4.69, 9.17) is 14.3 Å². The minimum atomic E-state index is -0.946. The topological polar surface area (TPSA) is 84.6 Å². The Morgan fingerprint density at radius 2 is 2.00 bits per heavy atom. The molecular formula is C20H22N2O4. The molecule has 0 saturated carbocycles. The lowest BCUT2D eigenvalue weighted by atomic mass is 10.2. The van der Waals surface area contributed by atoms with Crippen molar-refractivity contribution >= 4 is 17.1 Å². The minimum Gasteiger partial charge on any atom is -0.494 e. The number of hydrogen-bond donors (Lipinski definition) is 2. The highest BCUT2D eigenvalue weighted by Gasteiger charge is 2.05. The van der Waals surface area contributed by atoms with Gasteiger partial charge in [-0.3, -0.25) is 0 Å². The number of aromatic nitrogens is 1. The number of carbonyl (C=O) groups is 1. The summed E-state index contributed by atoms with van der Waals surface area (Å²) < 4.78 is 11.3. The van der Waals surface area contributed by atoms with Crippen LogP contribution in [0.1, 0.15) is 29.1 Å². The van der Waals surface area contributed by atoms with Crippen LogP contribution in [0.15, 0.2) is 52.9 Å². The molecule has 0 atom stereocenters. The predicted octanol–water partition coefficient (Wildman–Crippen LogP) is 3.52. The molecule has 0 bridgehead atoms. The number of carboxylic acid groups (broad SMARTS) is 1.